The molecule has 134 valence electrons. The van der Waals surface area contributed by atoms with Crippen molar-refractivity contribution in [3.05, 3.63) is 42.1 Å². The molecule has 1 aromatic carbocycles. The van der Waals surface area contributed by atoms with Gasteiger partial charge in [0.2, 0.25) is 5.91 Å². The van der Waals surface area contributed by atoms with Crippen LogP contribution < -0.4 is 0 Å². The lowest BCUT2D eigenvalue weighted by molar-refractivity contribution is -0.148. The molecular weight excluding hydrogens is 333 g/mol. The number of β-amino-alcohol motifs (C(OH)–C–C–N with tert-alkyl or cyclic N) is 1. The van der Waals surface area contributed by atoms with E-state index in [2.05, 4.69) is 4.98 Å². The van der Waals surface area contributed by atoms with Gasteiger partial charge in [0.1, 0.15) is 0 Å². The fraction of sp³-hybridized carbons (Fsp3) is 0.444. The zero-order chi connectivity index (χ0) is 18.0. The van der Waals surface area contributed by atoms with Gasteiger partial charge in [0.05, 0.1) is 18.0 Å². The Labute approximate surface area is 143 Å². The Kier molecular flexibility index (Phi) is 4.94. The highest BCUT2D eigenvalue weighted by molar-refractivity contribution is 5.78. The summed E-state index contributed by atoms with van der Waals surface area (Å²) >= 11 is 0. The highest BCUT2D eigenvalue weighted by Crippen LogP contribution is 2.25. The number of carbonyl (C=O) groups excluding carboxylic acids is 1. The number of rotatable bonds is 4. The van der Waals surface area contributed by atoms with E-state index in [1.54, 1.807) is 0 Å². The molecule has 2 aromatic rings. The third kappa shape index (κ3) is 4.48. The van der Waals surface area contributed by atoms with E-state index in [1.165, 1.54) is 4.90 Å². The Morgan fingerprint density at radius 1 is 1.20 bits per heavy atom. The van der Waals surface area contributed by atoms with Crippen molar-refractivity contribution in [1.82, 2.24) is 9.88 Å². The van der Waals surface area contributed by atoms with Crippen molar-refractivity contribution < 1.29 is 23.1 Å². The normalized spacial score (nSPS) is 21.0. The number of likely N-dealkylation sites (tertiary alicyclic amines) is 1. The Morgan fingerprint density at radius 2 is 1.96 bits per heavy atom. The van der Waals surface area contributed by atoms with Gasteiger partial charge in [-0.3, -0.25) is 9.78 Å². The van der Waals surface area contributed by atoms with Gasteiger partial charge in [-0.05, 0) is 18.6 Å². The molecule has 4 nitrogen and oxygen atoms in total. The Bertz CT molecular complexity index is 763. The lowest BCUT2D eigenvalue weighted by Gasteiger charge is -2.16. The number of pyridine rings is 1. The van der Waals surface area contributed by atoms with Gasteiger partial charge < -0.3 is 10.0 Å². The van der Waals surface area contributed by atoms with Gasteiger partial charge in [-0.25, -0.2) is 0 Å². The van der Waals surface area contributed by atoms with Gasteiger partial charge in [-0.15, -0.1) is 0 Å². The summed E-state index contributed by atoms with van der Waals surface area (Å²) in [5, 5.41) is 11.2. The highest BCUT2D eigenvalue weighted by Gasteiger charge is 2.36. The van der Waals surface area contributed by atoms with Crippen LogP contribution >= 0.6 is 0 Å². The lowest BCUT2D eigenvalue weighted by atomic mass is 9.99. The second kappa shape index (κ2) is 7.00. The molecule has 1 amide bonds. The number of carbonyl (C=O) groups is 1. The largest absolute Gasteiger partial charge is 0.391 e. The van der Waals surface area contributed by atoms with E-state index in [0.29, 0.717) is 6.42 Å². The van der Waals surface area contributed by atoms with Crippen molar-refractivity contribution >= 4 is 16.8 Å². The topological polar surface area (TPSA) is 53.4 Å². The number of halogens is 3. The van der Waals surface area contributed by atoms with Gasteiger partial charge in [0.15, 0.2) is 0 Å². The van der Waals surface area contributed by atoms with E-state index in [-0.39, 0.29) is 19.0 Å². The summed E-state index contributed by atoms with van der Waals surface area (Å²) in [6, 6.07) is 11.5. The number of hydrogen-bond donors (Lipinski definition) is 1. The summed E-state index contributed by atoms with van der Waals surface area (Å²) < 4.78 is 36.7. The Balaban J connectivity index is 1.62. The Hall–Kier alpha value is -2.15. The maximum absolute atomic E-state index is 12.2. The van der Waals surface area contributed by atoms with Crippen LogP contribution in [0.5, 0.6) is 0 Å². The van der Waals surface area contributed by atoms with Crippen LogP contribution in [-0.2, 0) is 11.2 Å². The number of para-hydroxylation sites is 1. The summed E-state index contributed by atoms with van der Waals surface area (Å²) in [4.78, 5) is 17.8. The van der Waals surface area contributed by atoms with Crippen LogP contribution in [0.25, 0.3) is 10.9 Å². The minimum atomic E-state index is -4.34. The van der Waals surface area contributed by atoms with Crippen molar-refractivity contribution in [2.75, 3.05) is 13.1 Å². The van der Waals surface area contributed by atoms with E-state index in [9.17, 15) is 23.1 Å². The van der Waals surface area contributed by atoms with Crippen molar-refractivity contribution in [2.45, 2.75) is 31.5 Å². The number of amides is 1. The van der Waals surface area contributed by atoms with Crippen LogP contribution in [0.3, 0.4) is 0 Å². The van der Waals surface area contributed by atoms with Crippen molar-refractivity contribution in [3.63, 3.8) is 0 Å². The Morgan fingerprint density at radius 3 is 2.72 bits per heavy atom. The molecule has 0 saturated carbocycles. The summed E-state index contributed by atoms with van der Waals surface area (Å²) in [5.74, 6) is -0.783. The molecule has 3 rings (SSSR count). The van der Waals surface area contributed by atoms with Gasteiger partial charge in [-0.2, -0.15) is 13.2 Å². The van der Waals surface area contributed by atoms with E-state index < -0.39 is 31.0 Å². The number of benzene rings is 1. The number of nitrogens with zero attached hydrogens (tertiary/aromatic N) is 2. The van der Waals surface area contributed by atoms with Crippen LogP contribution in [0.15, 0.2) is 36.4 Å². The molecule has 0 radical (unpaired) electrons. The van der Waals surface area contributed by atoms with Gasteiger partial charge in [0.25, 0.3) is 0 Å². The SMILES string of the molecule is O=C(CCC(F)(F)F)N1CC(O)C(Cc2ccc3ccccc3n2)C1. The fourth-order valence-corrected chi connectivity index (χ4v) is 3.16. The number of alkyl halides is 3. The van der Waals surface area contributed by atoms with Crippen LogP contribution in [-0.4, -0.2) is 46.3 Å². The molecule has 1 saturated heterocycles. The van der Waals surface area contributed by atoms with E-state index >= 15 is 0 Å². The second-order valence-corrected chi connectivity index (χ2v) is 6.44. The smallest absolute Gasteiger partial charge is 0.389 e. The average Bonchev–Trinajstić information content (AvgIpc) is 2.93. The van der Waals surface area contributed by atoms with Crippen LogP contribution in [0.2, 0.25) is 0 Å². The van der Waals surface area contributed by atoms with Gasteiger partial charge >= 0.3 is 6.18 Å². The number of hydrogen-bond acceptors (Lipinski definition) is 3. The molecule has 2 unspecified atom stereocenters. The van der Waals surface area contributed by atoms with Gasteiger partial charge in [-0.1, -0.05) is 24.3 Å². The summed E-state index contributed by atoms with van der Waals surface area (Å²) in [7, 11) is 0. The molecule has 0 aliphatic carbocycles. The summed E-state index contributed by atoms with van der Waals surface area (Å²) in [6.45, 7) is 0.335. The van der Waals surface area contributed by atoms with Gasteiger partial charge in [0, 0.05) is 36.5 Å². The molecule has 1 N–H and O–H groups in total. The summed E-state index contributed by atoms with van der Waals surface area (Å²) in [6.07, 6.45) is -6.31. The molecule has 1 aliphatic heterocycles. The third-order valence-corrected chi connectivity index (χ3v) is 4.51. The first kappa shape index (κ1) is 17.7. The van der Waals surface area contributed by atoms with Crippen LogP contribution in [0.4, 0.5) is 13.2 Å². The standard InChI is InChI=1S/C18H19F3N2O2/c19-18(20,21)8-7-17(25)23-10-13(16(24)11-23)9-14-6-5-12-3-1-2-4-15(12)22-14/h1-6,13,16,24H,7-11H2. The van der Waals surface area contributed by atoms with E-state index in [0.717, 1.165) is 16.6 Å². The van der Waals surface area contributed by atoms with Crippen molar-refractivity contribution in [1.29, 1.82) is 0 Å². The second-order valence-electron chi connectivity index (χ2n) is 6.44. The highest BCUT2D eigenvalue weighted by atomic mass is 19.4. The molecule has 2 heterocycles. The molecule has 0 bridgehead atoms. The molecule has 1 aliphatic rings. The maximum atomic E-state index is 12.2. The lowest BCUT2D eigenvalue weighted by Crippen LogP contribution is -2.30. The molecular formula is C18H19F3N2O2. The molecule has 1 aromatic heterocycles. The molecule has 7 heteroatoms. The zero-order valence-corrected chi connectivity index (χ0v) is 13.5. The maximum Gasteiger partial charge on any atom is 0.389 e. The van der Waals surface area contributed by atoms with Crippen LogP contribution in [0.1, 0.15) is 18.5 Å². The fourth-order valence-electron chi connectivity index (χ4n) is 3.16. The quantitative estimate of drug-likeness (QED) is 0.921. The number of aliphatic hydroxyl groups is 1. The van der Waals surface area contributed by atoms with E-state index in [4.69, 9.17) is 0 Å². The molecule has 1 fully saturated rings. The van der Waals surface area contributed by atoms with E-state index in [1.807, 2.05) is 36.4 Å². The monoisotopic (exact) mass is 352 g/mol. The number of aliphatic hydroxyl groups excluding tert-OH is 1. The molecule has 0 spiro atoms. The van der Waals surface area contributed by atoms with Crippen LogP contribution in [0, 0.1) is 5.92 Å². The van der Waals surface area contributed by atoms with Crippen molar-refractivity contribution in [2.24, 2.45) is 5.92 Å². The predicted molar refractivity (Wildman–Crippen MR) is 86.8 cm³/mol. The minimum absolute atomic E-state index is 0.0783. The zero-order valence-electron chi connectivity index (χ0n) is 13.5. The average molecular weight is 352 g/mol. The van der Waals surface area contributed by atoms with Crippen molar-refractivity contribution in [3.8, 4) is 0 Å². The first-order valence-corrected chi connectivity index (χ1v) is 8.19. The minimum Gasteiger partial charge on any atom is -0.391 e. The third-order valence-electron chi connectivity index (χ3n) is 4.51. The predicted octanol–water partition coefficient (Wildman–Crippen LogP) is 2.94. The first-order chi connectivity index (χ1) is 11.8. The molecule has 25 heavy (non-hydrogen) atoms. The first-order valence-electron chi connectivity index (χ1n) is 8.19. The number of fused-ring (bicyclic) bond motifs is 1. The summed E-state index contributed by atoms with van der Waals surface area (Å²) in [5.41, 5.74) is 1.65. The number of aromatic nitrogens is 1. The molecule has 2 atom stereocenters.